The van der Waals surface area contributed by atoms with Gasteiger partial charge in [0.15, 0.2) is 5.96 Å². The number of hydrogen-bond donors (Lipinski definition) is 2. The first-order valence-corrected chi connectivity index (χ1v) is 10.2. The quantitative estimate of drug-likeness (QED) is 0.564. The van der Waals surface area contributed by atoms with Gasteiger partial charge in [-0.2, -0.15) is 0 Å². The Morgan fingerprint density at radius 2 is 2.26 bits per heavy atom. The Morgan fingerprint density at radius 3 is 2.96 bits per heavy atom. The minimum atomic E-state index is 0.143. The van der Waals surface area contributed by atoms with Crippen LogP contribution in [-0.4, -0.2) is 43.9 Å². The van der Waals surface area contributed by atoms with Crippen LogP contribution in [0, 0.1) is 13.8 Å². The summed E-state index contributed by atoms with van der Waals surface area (Å²) in [7, 11) is 1.78. The topological polar surface area (TPSA) is 67.8 Å². The van der Waals surface area contributed by atoms with Gasteiger partial charge in [-0.05, 0) is 25.5 Å². The summed E-state index contributed by atoms with van der Waals surface area (Å²) < 4.78 is 11.6. The number of thiazole rings is 1. The van der Waals surface area contributed by atoms with Crippen molar-refractivity contribution in [3.63, 3.8) is 0 Å². The molecule has 6 nitrogen and oxygen atoms in total. The smallest absolute Gasteiger partial charge is 0.191 e. The molecule has 1 saturated heterocycles. The van der Waals surface area contributed by atoms with Crippen LogP contribution in [0.25, 0.3) is 0 Å². The fraction of sp³-hybridized carbons (Fsp3) is 0.500. The zero-order valence-corrected chi connectivity index (χ0v) is 17.1. The summed E-state index contributed by atoms with van der Waals surface area (Å²) in [4.78, 5) is 8.79. The molecule has 0 bridgehead atoms. The maximum Gasteiger partial charge on any atom is 0.191 e. The molecule has 0 saturated carbocycles. The molecule has 3 rings (SSSR count). The number of benzene rings is 1. The van der Waals surface area contributed by atoms with Crippen molar-refractivity contribution in [2.24, 2.45) is 4.99 Å². The summed E-state index contributed by atoms with van der Waals surface area (Å²) in [6.45, 7) is 6.99. The van der Waals surface area contributed by atoms with Crippen molar-refractivity contribution in [3.8, 4) is 5.75 Å². The summed E-state index contributed by atoms with van der Waals surface area (Å²) in [6.07, 6.45) is 1.97. The Balaban J connectivity index is 1.52. The third-order valence-corrected chi connectivity index (χ3v) is 5.24. The van der Waals surface area contributed by atoms with Crippen molar-refractivity contribution < 1.29 is 9.47 Å². The first-order valence-electron chi connectivity index (χ1n) is 9.33. The standard InChI is InChI=1S/C20H28N4O2S/c1-14-4-5-16(19(10-14)26-18-7-9-25-12-18)11-23-20(21-3)22-8-6-17-13-27-15(2)24-17/h4-5,10,13,18H,6-9,11-12H2,1-3H3,(H2,21,22,23). The molecule has 1 aliphatic rings. The lowest BCUT2D eigenvalue weighted by atomic mass is 10.1. The predicted molar refractivity (Wildman–Crippen MR) is 110 cm³/mol. The second-order valence-corrected chi connectivity index (χ2v) is 7.74. The number of aliphatic imine (C=N–C) groups is 1. The van der Waals surface area contributed by atoms with Crippen molar-refractivity contribution in [2.45, 2.75) is 39.3 Å². The molecule has 0 radical (unpaired) electrons. The molecule has 0 spiro atoms. The lowest BCUT2D eigenvalue weighted by Crippen LogP contribution is -2.38. The van der Waals surface area contributed by atoms with E-state index in [1.54, 1.807) is 18.4 Å². The Labute approximate surface area is 165 Å². The Bertz CT molecular complexity index is 769. The van der Waals surface area contributed by atoms with E-state index in [2.05, 4.69) is 51.1 Å². The molecule has 2 N–H and O–H groups in total. The fourth-order valence-electron chi connectivity index (χ4n) is 2.93. The third kappa shape index (κ3) is 5.94. The molecule has 1 unspecified atom stereocenters. The highest BCUT2D eigenvalue weighted by Gasteiger charge is 2.18. The van der Waals surface area contributed by atoms with Crippen LogP contribution >= 0.6 is 11.3 Å². The van der Waals surface area contributed by atoms with Crippen molar-refractivity contribution in [2.75, 3.05) is 26.8 Å². The van der Waals surface area contributed by atoms with E-state index in [1.165, 1.54) is 5.56 Å². The average molecular weight is 389 g/mol. The molecule has 0 amide bonds. The maximum absolute atomic E-state index is 6.16. The molecule has 146 valence electrons. The van der Waals surface area contributed by atoms with Crippen LogP contribution in [0.1, 0.15) is 28.2 Å². The minimum absolute atomic E-state index is 0.143. The van der Waals surface area contributed by atoms with Gasteiger partial charge in [0, 0.05) is 43.9 Å². The zero-order chi connectivity index (χ0) is 19.1. The van der Waals surface area contributed by atoms with Gasteiger partial charge in [-0.3, -0.25) is 4.99 Å². The maximum atomic E-state index is 6.16. The molecule has 7 heteroatoms. The van der Waals surface area contributed by atoms with Crippen LogP contribution in [0.2, 0.25) is 0 Å². The van der Waals surface area contributed by atoms with Gasteiger partial charge in [0.1, 0.15) is 11.9 Å². The molecular weight excluding hydrogens is 360 g/mol. The third-order valence-electron chi connectivity index (χ3n) is 4.41. The number of hydrogen-bond acceptors (Lipinski definition) is 5. The number of aryl methyl sites for hydroxylation is 2. The summed E-state index contributed by atoms with van der Waals surface area (Å²) in [5.74, 6) is 1.70. The number of ether oxygens (including phenoxy) is 2. The Kier molecular flexibility index (Phi) is 7.06. The van der Waals surface area contributed by atoms with Gasteiger partial charge in [-0.15, -0.1) is 11.3 Å². The molecule has 1 aromatic carbocycles. The largest absolute Gasteiger partial charge is 0.488 e. The van der Waals surface area contributed by atoms with Gasteiger partial charge in [0.25, 0.3) is 0 Å². The van der Waals surface area contributed by atoms with Gasteiger partial charge in [0.05, 0.1) is 23.9 Å². The fourth-order valence-corrected chi connectivity index (χ4v) is 3.58. The summed E-state index contributed by atoms with van der Waals surface area (Å²) >= 11 is 1.68. The Morgan fingerprint density at radius 1 is 1.37 bits per heavy atom. The molecule has 27 heavy (non-hydrogen) atoms. The minimum Gasteiger partial charge on any atom is -0.488 e. The van der Waals surface area contributed by atoms with Crippen molar-refractivity contribution in [1.29, 1.82) is 0 Å². The monoisotopic (exact) mass is 388 g/mol. The van der Waals surface area contributed by atoms with Crippen molar-refractivity contribution in [3.05, 3.63) is 45.4 Å². The van der Waals surface area contributed by atoms with E-state index < -0.39 is 0 Å². The molecule has 1 atom stereocenters. The van der Waals surface area contributed by atoms with Gasteiger partial charge < -0.3 is 20.1 Å². The van der Waals surface area contributed by atoms with Gasteiger partial charge in [-0.25, -0.2) is 4.98 Å². The predicted octanol–water partition coefficient (Wildman–Crippen LogP) is 2.84. The number of guanidine groups is 1. The normalized spacial score (nSPS) is 17.1. The number of nitrogens with one attached hydrogen (secondary N) is 2. The van der Waals surface area contributed by atoms with Gasteiger partial charge >= 0.3 is 0 Å². The molecule has 1 aliphatic heterocycles. The van der Waals surface area contributed by atoms with E-state index in [0.29, 0.717) is 13.2 Å². The van der Waals surface area contributed by atoms with Crippen LogP contribution in [0.15, 0.2) is 28.6 Å². The highest BCUT2D eigenvalue weighted by atomic mass is 32.1. The van der Waals surface area contributed by atoms with E-state index in [-0.39, 0.29) is 6.10 Å². The second-order valence-electron chi connectivity index (χ2n) is 6.68. The molecule has 2 aromatic rings. The van der Waals surface area contributed by atoms with E-state index >= 15 is 0 Å². The SMILES string of the molecule is CN=C(NCCc1csc(C)n1)NCc1ccc(C)cc1OC1CCOC1. The van der Waals surface area contributed by atoms with Crippen LogP contribution in [0.3, 0.4) is 0 Å². The summed E-state index contributed by atoms with van der Waals surface area (Å²) in [5, 5.41) is 9.93. The Hall–Kier alpha value is -2.12. The average Bonchev–Trinajstić information content (AvgIpc) is 3.31. The van der Waals surface area contributed by atoms with Crippen LogP contribution in [-0.2, 0) is 17.7 Å². The highest BCUT2D eigenvalue weighted by Crippen LogP contribution is 2.23. The van der Waals surface area contributed by atoms with Crippen LogP contribution < -0.4 is 15.4 Å². The molecular formula is C20H28N4O2S. The molecule has 1 fully saturated rings. The summed E-state index contributed by atoms with van der Waals surface area (Å²) in [5.41, 5.74) is 3.42. The summed E-state index contributed by atoms with van der Waals surface area (Å²) in [6, 6.07) is 6.31. The molecule has 2 heterocycles. The second kappa shape index (κ2) is 9.71. The van der Waals surface area contributed by atoms with E-state index in [1.807, 2.05) is 6.92 Å². The van der Waals surface area contributed by atoms with Crippen molar-refractivity contribution in [1.82, 2.24) is 15.6 Å². The van der Waals surface area contributed by atoms with Crippen LogP contribution in [0.5, 0.6) is 5.75 Å². The first-order chi connectivity index (χ1) is 13.1. The number of nitrogens with zero attached hydrogens (tertiary/aromatic N) is 2. The first kappa shape index (κ1) is 19.6. The van der Waals surface area contributed by atoms with Crippen molar-refractivity contribution >= 4 is 17.3 Å². The zero-order valence-electron chi connectivity index (χ0n) is 16.2. The van der Waals surface area contributed by atoms with E-state index in [9.17, 15) is 0 Å². The molecule has 1 aromatic heterocycles. The lowest BCUT2D eigenvalue weighted by Gasteiger charge is -2.18. The number of aromatic nitrogens is 1. The van der Waals surface area contributed by atoms with Gasteiger partial charge in [-0.1, -0.05) is 12.1 Å². The van der Waals surface area contributed by atoms with E-state index in [0.717, 1.165) is 54.0 Å². The highest BCUT2D eigenvalue weighted by molar-refractivity contribution is 7.09. The van der Waals surface area contributed by atoms with Gasteiger partial charge in [0.2, 0.25) is 0 Å². The number of rotatable bonds is 7. The van der Waals surface area contributed by atoms with E-state index in [4.69, 9.17) is 9.47 Å². The molecule has 0 aliphatic carbocycles. The van der Waals surface area contributed by atoms with Crippen LogP contribution in [0.4, 0.5) is 0 Å². The lowest BCUT2D eigenvalue weighted by molar-refractivity contribution is 0.140.